The molecule has 30 heavy (non-hydrogen) atoms. The summed E-state index contributed by atoms with van der Waals surface area (Å²) in [7, 11) is 9.94. The van der Waals surface area contributed by atoms with Gasteiger partial charge < -0.3 is 29.7 Å². The first-order valence-electron chi connectivity index (χ1n) is 9.47. The SMILES string of the molecule is CN=C(NCc1ccc(C(=O)N(C)C)cc1)NCc1cc(OC)c(OC)c(OC)c1. The number of benzene rings is 2. The summed E-state index contributed by atoms with van der Waals surface area (Å²) in [6.07, 6.45) is 0. The van der Waals surface area contributed by atoms with Crippen molar-refractivity contribution >= 4 is 11.9 Å². The largest absolute Gasteiger partial charge is 0.493 e. The lowest BCUT2D eigenvalue weighted by molar-refractivity contribution is 0.0827. The van der Waals surface area contributed by atoms with E-state index in [9.17, 15) is 4.79 Å². The molecular formula is C22H30N4O4. The Labute approximate surface area is 177 Å². The zero-order valence-electron chi connectivity index (χ0n) is 18.4. The van der Waals surface area contributed by atoms with E-state index in [1.165, 1.54) is 0 Å². The number of hydrogen-bond acceptors (Lipinski definition) is 5. The van der Waals surface area contributed by atoms with Gasteiger partial charge in [-0.25, -0.2) is 0 Å². The van der Waals surface area contributed by atoms with Crippen molar-refractivity contribution < 1.29 is 19.0 Å². The van der Waals surface area contributed by atoms with Crippen LogP contribution in [0.3, 0.4) is 0 Å². The first kappa shape index (κ1) is 22.9. The Bertz CT molecular complexity index is 854. The summed E-state index contributed by atoms with van der Waals surface area (Å²) in [5.41, 5.74) is 2.66. The standard InChI is InChI=1S/C22H30N4O4/c1-23-22(24-13-15-7-9-17(10-8-15)21(27)26(2)3)25-14-16-11-18(28-4)20(30-6)19(12-16)29-5/h7-12H,13-14H2,1-6H3,(H2,23,24,25). The van der Waals surface area contributed by atoms with Crippen molar-refractivity contribution in [2.45, 2.75) is 13.1 Å². The highest BCUT2D eigenvalue weighted by Gasteiger charge is 2.13. The van der Waals surface area contributed by atoms with Gasteiger partial charge in [0.05, 0.1) is 21.3 Å². The van der Waals surface area contributed by atoms with Crippen molar-refractivity contribution in [3.8, 4) is 17.2 Å². The van der Waals surface area contributed by atoms with Crippen LogP contribution in [0.5, 0.6) is 17.2 Å². The van der Waals surface area contributed by atoms with Crippen LogP contribution in [0.4, 0.5) is 0 Å². The van der Waals surface area contributed by atoms with E-state index in [1.54, 1.807) is 47.4 Å². The second-order valence-corrected chi connectivity index (χ2v) is 6.71. The lowest BCUT2D eigenvalue weighted by atomic mass is 10.1. The number of carbonyl (C=O) groups is 1. The molecule has 2 aromatic carbocycles. The fourth-order valence-electron chi connectivity index (χ4n) is 2.85. The number of methoxy groups -OCH3 is 3. The van der Waals surface area contributed by atoms with Crippen LogP contribution in [0.2, 0.25) is 0 Å². The normalized spacial score (nSPS) is 10.9. The molecule has 0 atom stereocenters. The van der Waals surface area contributed by atoms with Gasteiger partial charge in [-0.05, 0) is 35.4 Å². The van der Waals surface area contributed by atoms with E-state index in [1.807, 2.05) is 36.4 Å². The maximum atomic E-state index is 12.0. The van der Waals surface area contributed by atoms with Crippen LogP contribution < -0.4 is 24.8 Å². The molecule has 162 valence electrons. The highest BCUT2D eigenvalue weighted by molar-refractivity contribution is 5.93. The number of nitrogens with one attached hydrogen (secondary N) is 2. The Balaban J connectivity index is 1.98. The molecule has 0 heterocycles. The molecule has 2 rings (SSSR count). The van der Waals surface area contributed by atoms with Gasteiger partial charge in [0, 0.05) is 39.8 Å². The Hall–Kier alpha value is -3.42. The third kappa shape index (κ3) is 5.79. The summed E-state index contributed by atoms with van der Waals surface area (Å²) < 4.78 is 16.1. The van der Waals surface area contributed by atoms with Crippen LogP contribution in [-0.4, -0.2) is 59.2 Å². The zero-order valence-corrected chi connectivity index (χ0v) is 18.4. The van der Waals surface area contributed by atoms with E-state index < -0.39 is 0 Å². The summed E-state index contributed by atoms with van der Waals surface area (Å²) in [5.74, 6) is 2.39. The minimum atomic E-state index is -0.0164. The molecule has 0 aliphatic rings. The second kappa shape index (κ2) is 10.9. The van der Waals surface area contributed by atoms with E-state index in [0.29, 0.717) is 41.9 Å². The predicted molar refractivity (Wildman–Crippen MR) is 118 cm³/mol. The van der Waals surface area contributed by atoms with E-state index >= 15 is 0 Å². The Morgan fingerprint density at radius 2 is 1.43 bits per heavy atom. The number of guanidine groups is 1. The van der Waals surface area contributed by atoms with Crippen molar-refractivity contribution in [2.75, 3.05) is 42.5 Å². The monoisotopic (exact) mass is 414 g/mol. The minimum Gasteiger partial charge on any atom is -0.493 e. The van der Waals surface area contributed by atoms with E-state index in [-0.39, 0.29) is 5.91 Å². The minimum absolute atomic E-state index is 0.0164. The molecule has 2 N–H and O–H groups in total. The van der Waals surface area contributed by atoms with Crippen molar-refractivity contribution in [1.29, 1.82) is 0 Å². The third-order valence-electron chi connectivity index (χ3n) is 4.48. The van der Waals surface area contributed by atoms with Crippen molar-refractivity contribution in [2.24, 2.45) is 4.99 Å². The molecule has 8 nitrogen and oxygen atoms in total. The average molecular weight is 415 g/mol. The average Bonchev–Trinajstić information content (AvgIpc) is 2.78. The Kier molecular flexibility index (Phi) is 8.34. The number of nitrogens with zero attached hydrogens (tertiary/aromatic N) is 2. The fraction of sp³-hybridized carbons (Fsp3) is 0.364. The molecule has 0 aliphatic heterocycles. The summed E-state index contributed by atoms with van der Waals surface area (Å²) in [6, 6.07) is 11.3. The third-order valence-corrected chi connectivity index (χ3v) is 4.48. The van der Waals surface area contributed by atoms with Crippen molar-refractivity contribution in [3.63, 3.8) is 0 Å². The molecule has 0 spiro atoms. The highest BCUT2D eigenvalue weighted by Crippen LogP contribution is 2.38. The molecule has 0 aliphatic carbocycles. The van der Waals surface area contributed by atoms with Crippen LogP contribution in [0.15, 0.2) is 41.4 Å². The smallest absolute Gasteiger partial charge is 0.253 e. The number of ether oxygens (including phenoxy) is 3. The molecule has 1 amide bonds. The van der Waals surface area contributed by atoms with Crippen molar-refractivity contribution in [1.82, 2.24) is 15.5 Å². The van der Waals surface area contributed by atoms with Crippen molar-refractivity contribution in [3.05, 3.63) is 53.1 Å². The van der Waals surface area contributed by atoms with Gasteiger partial charge in [0.25, 0.3) is 5.91 Å². The first-order chi connectivity index (χ1) is 14.4. The van der Waals surface area contributed by atoms with Gasteiger partial charge in [0.1, 0.15) is 0 Å². The van der Waals surface area contributed by atoms with Crippen LogP contribution in [0.25, 0.3) is 0 Å². The second-order valence-electron chi connectivity index (χ2n) is 6.71. The quantitative estimate of drug-likeness (QED) is 0.509. The first-order valence-corrected chi connectivity index (χ1v) is 9.47. The molecule has 0 radical (unpaired) electrons. The number of hydrogen-bond donors (Lipinski definition) is 2. The van der Waals surface area contributed by atoms with Gasteiger partial charge in [-0.2, -0.15) is 0 Å². The van der Waals surface area contributed by atoms with Gasteiger partial charge in [0.2, 0.25) is 5.75 Å². The van der Waals surface area contributed by atoms with Crippen LogP contribution in [-0.2, 0) is 13.1 Å². The molecular weight excluding hydrogens is 384 g/mol. The number of rotatable bonds is 8. The lowest BCUT2D eigenvalue weighted by Gasteiger charge is -2.16. The van der Waals surface area contributed by atoms with E-state index in [0.717, 1.165) is 11.1 Å². The van der Waals surface area contributed by atoms with Gasteiger partial charge in [-0.3, -0.25) is 9.79 Å². The lowest BCUT2D eigenvalue weighted by Crippen LogP contribution is -2.36. The zero-order chi connectivity index (χ0) is 22.1. The van der Waals surface area contributed by atoms with Gasteiger partial charge >= 0.3 is 0 Å². The molecule has 8 heteroatoms. The predicted octanol–water partition coefficient (Wildman–Crippen LogP) is 2.28. The van der Waals surface area contributed by atoms with E-state index in [4.69, 9.17) is 14.2 Å². The topological polar surface area (TPSA) is 84.4 Å². The van der Waals surface area contributed by atoms with Gasteiger partial charge in [-0.1, -0.05) is 12.1 Å². The fourth-order valence-corrected chi connectivity index (χ4v) is 2.85. The summed E-state index contributed by atoms with van der Waals surface area (Å²) in [6.45, 7) is 1.10. The van der Waals surface area contributed by atoms with Gasteiger partial charge in [0.15, 0.2) is 17.5 Å². The molecule has 0 fully saturated rings. The number of amides is 1. The molecule has 0 saturated heterocycles. The maximum Gasteiger partial charge on any atom is 0.253 e. The summed E-state index contributed by atoms with van der Waals surface area (Å²) in [4.78, 5) is 17.8. The maximum absolute atomic E-state index is 12.0. The molecule has 0 aromatic heterocycles. The van der Waals surface area contributed by atoms with Gasteiger partial charge in [-0.15, -0.1) is 0 Å². The van der Waals surface area contributed by atoms with E-state index in [2.05, 4.69) is 15.6 Å². The molecule has 2 aromatic rings. The summed E-state index contributed by atoms with van der Waals surface area (Å²) in [5, 5.41) is 6.53. The molecule has 0 unspecified atom stereocenters. The Morgan fingerprint density at radius 3 is 1.87 bits per heavy atom. The van der Waals surface area contributed by atoms with Crippen LogP contribution >= 0.6 is 0 Å². The highest BCUT2D eigenvalue weighted by atomic mass is 16.5. The number of carbonyl (C=O) groups excluding carboxylic acids is 1. The molecule has 0 bridgehead atoms. The number of aliphatic imine (C=N–C) groups is 1. The molecule has 0 saturated carbocycles. The summed E-state index contributed by atoms with van der Waals surface area (Å²) >= 11 is 0. The Morgan fingerprint density at radius 1 is 0.900 bits per heavy atom. The van der Waals surface area contributed by atoms with Crippen LogP contribution in [0.1, 0.15) is 21.5 Å². The van der Waals surface area contributed by atoms with Crippen LogP contribution in [0, 0.1) is 0 Å².